The van der Waals surface area contributed by atoms with Crippen molar-refractivity contribution in [3.8, 4) is 0 Å². The molecule has 0 aromatic rings. The molecule has 96 valence electrons. The van der Waals surface area contributed by atoms with Gasteiger partial charge in [0, 0.05) is 0 Å². The van der Waals surface area contributed by atoms with Gasteiger partial charge in [-0.15, -0.1) is 0 Å². The van der Waals surface area contributed by atoms with Crippen molar-refractivity contribution < 1.29 is 31.1 Å². The Balaban J connectivity index is 4.65. The lowest BCUT2D eigenvalue weighted by atomic mass is 10.6. The molecule has 0 amide bonds. The van der Waals surface area contributed by atoms with Crippen LogP contribution in [-0.2, 0) is 4.74 Å². The van der Waals surface area contributed by atoms with Crippen molar-refractivity contribution in [3.63, 3.8) is 0 Å². The Bertz CT molecular complexity index is 355. The number of hydrogen-bond acceptors (Lipinski definition) is 1. The molecule has 0 N–H and O–H groups in total. The Morgan fingerprint density at radius 2 is 1.18 bits per heavy atom. The first kappa shape index (κ1) is 16.0. The minimum atomic E-state index is -4.27. The van der Waals surface area contributed by atoms with Gasteiger partial charge in [0.05, 0.1) is 0 Å². The number of allylic oxidation sites excluding steroid dienone is 2. The van der Waals surface area contributed by atoms with Gasteiger partial charge in [0.1, 0.15) is 12.5 Å². The van der Waals surface area contributed by atoms with Gasteiger partial charge in [-0.1, -0.05) is 0 Å². The molecule has 0 saturated carbocycles. The molecule has 0 rings (SSSR count). The topological polar surface area (TPSA) is 9.23 Å². The summed E-state index contributed by atoms with van der Waals surface area (Å²) in [6.45, 7) is 0. The summed E-state index contributed by atoms with van der Waals surface area (Å²) in [5.41, 5.74) is 2.46. The van der Waals surface area contributed by atoms with Crippen molar-refractivity contribution in [1.82, 2.24) is 0 Å². The third-order valence-electron chi connectivity index (χ3n) is 1.01. The zero-order chi connectivity index (χ0) is 13.7. The molecule has 0 aliphatic heterocycles. The fourth-order valence-electron chi connectivity index (χ4n) is 0.369. The molecule has 9 heteroatoms. The van der Waals surface area contributed by atoms with Crippen molar-refractivity contribution >= 4 is 23.2 Å². The van der Waals surface area contributed by atoms with Crippen molar-refractivity contribution in [2.24, 2.45) is 0 Å². The van der Waals surface area contributed by atoms with E-state index in [1.165, 1.54) is 11.5 Å². The van der Waals surface area contributed by atoms with Crippen LogP contribution in [0.2, 0.25) is 0 Å². The number of halogens is 8. The quantitative estimate of drug-likeness (QED) is 0.319. The molecule has 0 bridgehead atoms. The summed E-state index contributed by atoms with van der Waals surface area (Å²) in [6.07, 6.45) is 0.385. The van der Waals surface area contributed by atoms with Crippen molar-refractivity contribution in [1.29, 1.82) is 0 Å². The maximum absolute atomic E-state index is 12.2. The standard InChI is InChI=1S/C8H2Cl2F6O/c9-7(13,14)5(11)1-3-17-4-2-6(12)8(10,15)16/h3-4H. The van der Waals surface area contributed by atoms with E-state index >= 15 is 0 Å². The molecule has 0 heterocycles. The fraction of sp³-hybridized carbons (Fsp3) is 0.250. The lowest BCUT2D eigenvalue weighted by Crippen LogP contribution is -2.04. The Hall–Kier alpha value is -1.00. The van der Waals surface area contributed by atoms with E-state index in [2.05, 4.69) is 27.9 Å². The zero-order valence-electron chi connectivity index (χ0n) is 7.59. The molecule has 0 saturated heterocycles. The van der Waals surface area contributed by atoms with Gasteiger partial charge in [-0.3, -0.25) is 0 Å². The third-order valence-corrected chi connectivity index (χ3v) is 1.34. The van der Waals surface area contributed by atoms with Crippen LogP contribution in [0.15, 0.2) is 35.6 Å². The van der Waals surface area contributed by atoms with Gasteiger partial charge in [-0.05, 0) is 34.7 Å². The van der Waals surface area contributed by atoms with Crippen molar-refractivity contribution in [2.75, 3.05) is 0 Å². The largest absolute Gasteiger partial charge is 0.456 e. The molecule has 0 aliphatic carbocycles. The summed E-state index contributed by atoms with van der Waals surface area (Å²) >= 11 is 8.43. The van der Waals surface area contributed by atoms with E-state index in [-0.39, 0.29) is 12.5 Å². The zero-order valence-corrected chi connectivity index (χ0v) is 9.10. The summed E-state index contributed by atoms with van der Waals surface area (Å²) in [6, 6.07) is 0. The molecule has 0 fully saturated rings. The lowest BCUT2D eigenvalue weighted by molar-refractivity contribution is 0.110. The van der Waals surface area contributed by atoms with Crippen LogP contribution in [-0.4, -0.2) is 10.8 Å². The van der Waals surface area contributed by atoms with E-state index in [0.717, 1.165) is 0 Å². The summed E-state index contributed by atoms with van der Waals surface area (Å²) in [5, 5.41) is -8.54. The van der Waals surface area contributed by atoms with Crippen LogP contribution in [0, 0.1) is 0 Å². The van der Waals surface area contributed by atoms with E-state index in [0.29, 0.717) is 0 Å². The molecule has 0 spiro atoms. The van der Waals surface area contributed by atoms with Gasteiger partial charge >= 0.3 is 10.8 Å². The van der Waals surface area contributed by atoms with Gasteiger partial charge < -0.3 is 4.74 Å². The van der Waals surface area contributed by atoms with Gasteiger partial charge in [0.15, 0.2) is 0 Å². The second-order valence-corrected chi connectivity index (χ2v) is 3.23. The molecule has 0 radical (unpaired) electrons. The van der Waals surface area contributed by atoms with Gasteiger partial charge in [0.25, 0.3) is 0 Å². The predicted molar refractivity (Wildman–Crippen MR) is 48.1 cm³/mol. The first-order valence-corrected chi connectivity index (χ1v) is 4.32. The Labute approximate surface area is 101 Å². The van der Waals surface area contributed by atoms with Crippen LogP contribution in [0.25, 0.3) is 0 Å². The average Bonchev–Trinajstić information content (AvgIpc) is 2.13. The minimum absolute atomic E-state index is 0.193. The molecule has 1 nitrogen and oxygen atoms in total. The number of ether oxygens (including phenoxy) is 1. The molecule has 0 unspecified atom stereocenters. The van der Waals surface area contributed by atoms with Crippen molar-refractivity contribution in [3.05, 3.63) is 35.6 Å². The Kier molecular flexibility index (Phi) is 5.72. The Morgan fingerprint density at radius 3 is 1.41 bits per heavy atom. The maximum atomic E-state index is 12.2. The maximum Gasteiger partial charge on any atom is 0.381 e. The van der Waals surface area contributed by atoms with Crippen LogP contribution in [0.3, 0.4) is 0 Å². The number of hydrogen-bond donors (Lipinski definition) is 0. The SMILES string of the molecule is FC(=C=COC=C=C(F)C(F)(F)Cl)C(F)(F)Cl. The second-order valence-electron chi connectivity index (χ2n) is 2.28. The molecule has 0 atom stereocenters. The highest BCUT2D eigenvalue weighted by Crippen LogP contribution is 2.29. The highest BCUT2D eigenvalue weighted by Gasteiger charge is 2.32. The minimum Gasteiger partial charge on any atom is -0.456 e. The first-order chi connectivity index (χ1) is 7.55. The summed E-state index contributed by atoms with van der Waals surface area (Å²) in [5.74, 6) is -4.33. The lowest BCUT2D eigenvalue weighted by Gasteiger charge is -2.00. The van der Waals surface area contributed by atoms with Gasteiger partial charge in [0.2, 0.25) is 11.7 Å². The predicted octanol–water partition coefficient (Wildman–Crippen LogP) is 4.60. The molecular weight excluding hydrogens is 297 g/mol. The first-order valence-electron chi connectivity index (χ1n) is 3.56. The third kappa shape index (κ3) is 7.02. The van der Waals surface area contributed by atoms with E-state index in [9.17, 15) is 26.3 Å². The van der Waals surface area contributed by atoms with E-state index in [1.54, 1.807) is 0 Å². The smallest absolute Gasteiger partial charge is 0.381 e. The van der Waals surface area contributed by atoms with Gasteiger partial charge in [-0.25, -0.2) is 0 Å². The normalized spacial score (nSPS) is 11.1. The van der Waals surface area contributed by atoms with E-state index in [4.69, 9.17) is 0 Å². The van der Waals surface area contributed by atoms with Crippen molar-refractivity contribution in [2.45, 2.75) is 10.8 Å². The molecule has 0 aliphatic rings. The molecule has 0 aromatic carbocycles. The Morgan fingerprint density at radius 1 is 0.882 bits per heavy atom. The van der Waals surface area contributed by atoms with E-state index < -0.39 is 22.4 Å². The monoisotopic (exact) mass is 298 g/mol. The highest BCUT2D eigenvalue weighted by molar-refractivity contribution is 6.23. The van der Waals surface area contributed by atoms with Crippen LogP contribution in [0.5, 0.6) is 0 Å². The second kappa shape index (κ2) is 6.07. The van der Waals surface area contributed by atoms with E-state index in [1.807, 2.05) is 0 Å². The van der Waals surface area contributed by atoms with Crippen LogP contribution in [0.4, 0.5) is 26.3 Å². The van der Waals surface area contributed by atoms with Crippen LogP contribution < -0.4 is 0 Å². The van der Waals surface area contributed by atoms with Gasteiger partial charge in [-0.2, -0.15) is 26.3 Å². The summed E-state index contributed by atoms with van der Waals surface area (Å²) in [7, 11) is 0. The number of alkyl halides is 6. The molecular formula is C8H2Cl2F6O. The van der Waals surface area contributed by atoms with Crippen LogP contribution in [0.1, 0.15) is 0 Å². The molecule has 17 heavy (non-hydrogen) atoms. The number of rotatable bonds is 4. The summed E-state index contributed by atoms with van der Waals surface area (Å²) in [4.78, 5) is 0. The van der Waals surface area contributed by atoms with Crippen LogP contribution >= 0.6 is 23.2 Å². The highest BCUT2D eigenvalue weighted by atomic mass is 35.5. The fourth-order valence-corrected chi connectivity index (χ4v) is 0.478. The molecule has 0 aromatic heterocycles. The summed E-state index contributed by atoms with van der Waals surface area (Å²) < 4.78 is 76.1. The average molecular weight is 299 g/mol.